The van der Waals surface area contributed by atoms with Crippen LogP contribution >= 0.6 is 11.6 Å². The highest BCUT2D eigenvalue weighted by Crippen LogP contribution is 2.37. The van der Waals surface area contributed by atoms with Gasteiger partial charge in [-0.2, -0.15) is 5.10 Å². The number of hydrogen-bond donors (Lipinski definition) is 0. The number of fused-ring (bicyclic) bond motifs is 1. The fourth-order valence-corrected chi connectivity index (χ4v) is 2.60. The molecule has 0 fully saturated rings. The number of ether oxygens (including phenoxy) is 2. The molecule has 0 unspecified atom stereocenters. The molecule has 1 aromatic heterocycles. The van der Waals surface area contributed by atoms with Gasteiger partial charge in [0, 0.05) is 36.6 Å². The zero-order valence-corrected chi connectivity index (χ0v) is 12.7. The van der Waals surface area contributed by atoms with Crippen molar-refractivity contribution >= 4 is 11.6 Å². The van der Waals surface area contributed by atoms with E-state index in [9.17, 15) is 0 Å². The van der Waals surface area contributed by atoms with Crippen LogP contribution in [0.15, 0.2) is 30.6 Å². The lowest BCUT2D eigenvalue weighted by atomic mass is 10.2. The highest BCUT2D eigenvalue weighted by atomic mass is 35.5. The number of aryl methyl sites for hydroxylation is 1. The van der Waals surface area contributed by atoms with Crippen molar-refractivity contribution in [3.63, 3.8) is 0 Å². The van der Waals surface area contributed by atoms with Gasteiger partial charge in [-0.1, -0.05) is 11.6 Å². The third kappa shape index (κ3) is 3.49. The molecule has 0 radical (unpaired) electrons. The molecular formula is C15H18ClN3O2. The number of hydrogen-bond acceptors (Lipinski definition) is 4. The molecule has 2 heterocycles. The van der Waals surface area contributed by atoms with E-state index in [0.717, 1.165) is 48.1 Å². The highest BCUT2D eigenvalue weighted by molar-refractivity contribution is 6.31. The molecule has 0 atom stereocenters. The summed E-state index contributed by atoms with van der Waals surface area (Å²) < 4.78 is 12.7. The van der Waals surface area contributed by atoms with Gasteiger partial charge < -0.3 is 14.4 Å². The quantitative estimate of drug-likeness (QED) is 0.823. The maximum atomic E-state index is 6.29. The first-order valence-electron chi connectivity index (χ1n) is 6.96. The molecule has 0 spiro atoms. The number of aromatic nitrogens is 2. The number of rotatable bonds is 6. The minimum Gasteiger partial charge on any atom is -0.454 e. The van der Waals surface area contributed by atoms with E-state index in [4.69, 9.17) is 21.1 Å². The van der Waals surface area contributed by atoms with Gasteiger partial charge in [0.25, 0.3) is 0 Å². The Hall–Kier alpha value is -1.72. The van der Waals surface area contributed by atoms with Crippen LogP contribution in [-0.2, 0) is 13.1 Å². The summed E-state index contributed by atoms with van der Waals surface area (Å²) in [4.78, 5) is 2.24. The average molecular weight is 308 g/mol. The molecule has 5 nitrogen and oxygen atoms in total. The van der Waals surface area contributed by atoms with Crippen molar-refractivity contribution in [3.8, 4) is 11.5 Å². The van der Waals surface area contributed by atoms with E-state index in [1.165, 1.54) is 0 Å². The van der Waals surface area contributed by atoms with E-state index < -0.39 is 0 Å². The topological polar surface area (TPSA) is 39.5 Å². The standard InChI is InChI=1S/C15H18ClN3O2/c1-18(5-3-7-19-6-2-4-17-19)10-12-8-14-15(9-13(12)16)21-11-20-14/h2,4,6,8-9H,3,5,7,10-11H2,1H3. The fourth-order valence-electron chi connectivity index (χ4n) is 2.39. The summed E-state index contributed by atoms with van der Waals surface area (Å²) in [5.74, 6) is 1.50. The molecule has 1 aliphatic heterocycles. The summed E-state index contributed by atoms with van der Waals surface area (Å²) >= 11 is 6.29. The second kappa shape index (κ2) is 6.37. The lowest BCUT2D eigenvalue weighted by Gasteiger charge is -2.17. The van der Waals surface area contributed by atoms with E-state index in [-0.39, 0.29) is 6.79 Å². The molecule has 1 aliphatic rings. The van der Waals surface area contributed by atoms with Gasteiger partial charge in [-0.15, -0.1) is 0 Å². The number of benzene rings is 1. The van der Waals surface area contributed by atoms with Crippen molar-refractivity contribution in [2.45, 2.75) is 19.5 Å². The summed E-state index contributed by atoms with van der Waals surface area (Å²) in [6, 6.07) is 5.74. The summed E-state index contributed by atoms with van der Waals surface area (Å²) in [5.41, 5.74) is 1.06. The van der Waals surface area contributed by atoms with Crippen LogP contribution in [0, 0.1) is 0 Å². The van der Waals surface area contributed by atoms with E-state index in [0.29, 0.717) is 0 Å². The smallest absolute Gasteiger partial charge is 0.231 e. The van der Waals surface area contributed by atoms with Gasteiger partial charge in [0.05, 0.1) is 0 Å². The zero-order chi connectivity index (χ0) is 14.7. The molecule has 21 heavy (non-hydrogen) atoms. The molecule has 0 amide bonds. The van der Waals surface area contributed by atoms with Gasteiger partial charge in [-0.25, -0.2) is 0 Å². The van der Waals surface area contributed by atoms with Crippen LogP contribution in [-0.4, -0.2) is 35.1 Å². The summed E-state index contributed by atoms with van der Waals surface area (Å²) in [6.45, 7) is 2.96. The van der Waals surface area contributed by atoms with Crippen molar-refractivity contribution in [2.75, 3.05) is 20.4 Å². The minimum atomic E-state index is 0.273. The second-order valence-corrected chi connectivity index (χ2v) is 5.56. The summed E-state index contributed by atoms with van der Waals surface area (Å²) in [6.07, 6.45) is 4.82. The Morgan fingerprint density at radius 3 is 2.90 bits per heavy atom. The summed E-state index contributed by atoms with van der Waals surface area (Å²) in [7, 11) is 2.09. The lowest BCUT2D eigenvalue weighted by molar-refractivity contribution is 0.174. The van der Waals surface area contributed by atoms with Crippen LogP contribution in [0.2, 0.25) is 5.02 Å². The molecule has 112 valence electrons. The Balaban J connectivity index is 1.53. The molecule has 6 heteroatoms. The predicted molar refractivity (Wildman–Crippen MR) is 80.8 cm³/mol. The Morgan fingerprint density at radius 2 is 2.14 bits per heavy atom. The predicted octanol–water partition coefficient (Wildman–Crippen LogP) is 2.79. The molecule has 0 N–H and O–H groups in total. The number of halogens is 1. The van der Waals surface area contributed by atoms with Crippen molar-refractivity contribution in [1.29, 1.82) is 0 Å². The van der Waals surface area contributed by atoms with Crippen LogP contribution in [0.1, 0.15) is 12.0 Å². The van der Waals surface area contributed by atoms with Crippen LogP contribution in [0.5, 0.6) is 11.5 Å². The zero-order valence-electron chi connectivity index (χ0n) is 12.0. The maximum Gasteiger partial charge on any atom is 0.231 e. The van der Waals surface area contributed by atoms with Gasteiger partial charge in [-0.3, -0.25) is 4.68 Å². The molecule has 0 saturated carbocycles. The fraction of sp³-hybridized carbons (Fsp3) is 0.400. The lowest BCUT2D eigenvalue weighted by Crippen LogP contribution is -2.20. The largest absolute Gasteiger partial charge is 0.454 e. The number of nitrogens with zero attached hydrogens (tertiary/aromatic N) is 3. The second-order valence-electron chi connectivity index (χ2n) is 5.16. The Morgan fingerprint density at radius 1 is 1.33 bits per heavy atom. The van der Waals surface area contributed by atoms with Gasteiger partial charge in [-0.05, 0) is 37.7 Å². The van der Waals surface area contributed by atoms with E-state index in [1.807, 2.05) is 29.1 Å². The van der Waals surface area contributed by atoms with Crippen molar-refractivity contribution < 1.29 is 9.47 Å². The van der Waals surface area contributed by atoms with Gasteiger partial charge in [0.2, 0.25) is 6.79 Å². The SMILES string of the molecule is CN(CCCn1cccn1)Cc1cc2c(cc1Cl)OCO2. The minimum absolute atomic E-state index is 0.273. The summed E-state index contributed by atoms with van der Waals surface area (Å²) in [5, 5.41) is 4.92. The molecule has 0 bridgehead atoms. The monoisotopic (exact) mass is 307 g/mol. The van der Waals surface area contributed by atoms with Gasteiger partial charge in [0.15, 0.2) is 11.5 Å². The normalized spacial score (nSPS) is 13.1. The average Bonchev–Trinajstić information content (AvgIpc) is 3.10. The van der Waals surface area contributed by atoms with Crippen LogP contribution in [0.4, 0.5) is 0 Å². The van der Waals surface area contributed by atoms with Gasteiger partial charge in [0.1, 0.15) is 0 Å². The third-order valence-corrected chi connectivity index (χ3v) is 3.82. The molecule has 3 rings (SSSR count). The molecule has 0 saturated heterocycles. The Labute approximate surface area is 129 Å². The van der Waals surface area contributed by atoms with Gasteiger partial charge >= 0.3 is 0 Å². The Kier molecular flexibility index (Phi) is 4.31. The molecule has 0 aliphatic carbocycles. The molecule has 2 aromatic rings. The Bertz CT molecular complexity index is 601. The van der Waals surface area contributed by atoms with Crippen LogP contribution in [0.3, 0.4) is 0 Å². The maximum absolute atomic E-state index is 6.29. The van der Waals surface area contributed by atoms with Crippen LogP contribution in [0.25, 0.3) is 0 Å². The first kappa shape index (κ1) is 14.2. The first-order valence-corrected chi connectivity index (χ1v) is 7.34. The van der Waals surface area contributed by atoms with Crippen LogP contribution < -0.4 is 9.47 Å². The highest BCUT2D eigenvalue weighted by Gasteiger charge is 2.17. The third-order valence-electron chi connectivity index (χ3n) is 3.47. The first-order chi connectivity index (χ1) is 10.2. The molecular weight excluding hydrogens is 290 g/mol. The van der Waals surface area contributed by atoms with Crippen molar-refractivity contribution in [1.82, 2.24) is 14.7 Å². The van der Waals surface area contributed by atoms with Crippen molar-refractivity contribution in [3.05, 3.63) is 41.2 Å². The van der Waals surface area contributed by atoms with E-state index >= 15 is 0 Å². The van der Waals surface area contributed by atoms with Crippen molar-refractivity contribution in [2.24, 2.45) is 0 Å². The van der Waals surface area contributed by atoms with E-state index in [1.54, 1.807) is 6.20 Å². The molecule has 1 aromatic carbocycles. The van der Waals surface area contributed by atoms with E-state index in [2.05, 4.69) is 17.0 Å².